The molecular formula is C19H19ClN2O2. The summed E-state index contributed by atoms with van der Waals surface area (Å²) in [5.74, 6) is -0.384. The van der Waals surface area contributed by atoms with Gasteiger partial charge in [-0.05, 0) is 66.8 Å². The highest BCUT2D eigenvalue weighted by molar-refractivity contribution is 6.30. The van der Waals surface area contributed by atoms with E-state index in [9.17, 15) is 9.59 Å². The van der Waals surface area contributed by atoms with E-state index in [-0.39, 0.29) is 18.4 Å². The number of rotatable bonds is 4. The maximum Gasteiger partial charge on any atom is 0.254 e. The monoisotopic (exact) mass is 342 g/mol. The fourth-order valence-electron chi connectivity index (χ4n) is 2.95. The third kappa shape index (κ3) is 3.77. The standard InChI is InChI=1S/C19H19ClN2O2/c1-22(12-18(23)21-17-9-7-16(20)8-10-17)19(24)15-6-5-13-3-2-4-14(13)11-15/h5-11H,2-4,12H2,1H3,(H,21,23). The Morgan fingerprint density at radius 3 is 2.54 bits per heavy atom. The average molecular weight is 343 g/mol. The van der Waals surface area contributed by atoms with Crippen molar-refractivity contribution in [3.05, 3.63) is 64.2 Å². The molecule has 2 amide bonds. The van der Waals surface area contributed by atoms with E-state index < -0.39 is 0 Å². The van der Waals surface area contributed by atoms with Crippen LogP contribution in [0.15, 0.2) is 42.5 Å². The van der Waals surface area contributed by atoms with Crippen molar-refractivity contribution in [2.45, 2.75) is 19.3 Å². The highest BCUT2D eigenvalue weighted by atomic mass is 35.5. The number of aryl methyl sites for hydroxylation is 2. The summed E-state index contributed by atoms with van der Waals surface area (Å²) in [6, 6.07) is 12.7. The van der Waals surface area contributed by atoms with Gasteiger partial charge in [0.25, 0.3) is 5.91 Å². The molecule has 0 aliphatic heterocycles. The maximum absolute atomic E-state index is 12.5. The SMILES string of the molecule is CN(CC(=O)Nc1ccc(Cl)cc1)C(=O)c1ccc2c(c1)CCC2. The molecule has 0 heterocycles. The molecule has 1 aliphatic carbocycles. The van der Waals surface area contributed by atoms with Crippen molar-refractivity contribution in [1.82, 2.24) is 4.90 Å². The summed E-state index contributed by atoms with van der Waals surface area (Å²) in [5.41, 5.74) is 3.87. The smallest absolute Gasteiger partial charge is 0.254 e. The van der Waals surface area contributed by atoms with Crippen LogP contribution in [0.5, 0.6) is 0 Å². The molecule has 1 aliphatic rings. The van der Waals surface area contributed by atoms with E-state index in [0.717, 1.165) is 19.3 Å². The Morgan fingerprint density at radius 2 is 1.79 bits per heavy atom. The second-order valence-corrected chi connectivity index (χ2v) is 6.49. The van der Waals surface area contributed by atoms with Gasteiger partial charge in [0.2, 0.25) is 5.91 Å². The lowest BCUT2D eigenvalue weighted by atomic mass is 10.1. The average Bonchev–Trinajstić information content (AvgIpc) is 3.03. The van der Waals surface area contributed by atoms with Crippen LogP contribution in [-0.2, 0) is 17.6 Å². The number of halogens is 1. The Hall–Kier alpha value is -2.33. The molecule has 1 N–H and O–H groups in total. The third-order valence-electron chi connectivity index (χ3n) is 4.20. The summed E-state index contributed by atoms with van der Waals surface area (Å²) in [5, 5.41) is 3.36. The summed E-state index contributed by atoms with van der Waals surface area (Å²) >= 11 is 5.82. The van der Waals surface area contributed by atoms with Gasteiger partial charge < -0.3 is 10.2 Å². The summed E-state index contributed by atoms with van der Waals surface area (Å²) in [6.07, 6.45) is 3.26. The Kier molecular flexibility index (Phi) is 4.86. The zero-order chi connectivity index (χ0) is 17.1. The van der Waals surface area contributed by atoms with E-state index in [4.69, 9.17) is 11.6 Å². The number of carbonyl (C=O) groups excluding carboxylic acids is 2. The van der Waals surface area contributed by atoms with Crippen molar-refractivity contribution in [1.29, 1.82) is 0 Å². The molecule has 24 heavy (non-hydrogen) atoms. The van der Waals surface area contributed by atoms with Crippen LogP contribution < -0.4 is 5.32 Å². The summed E-state index contributed by atoms with van der Waals surface area (Å²) < 4.78 is 0. The molecule has 2 aromatic carbocycles. The summed E-state index contributed by atoms with van der Waals surface area (Å²) in [6.45, 7) is -0.00144. The van der Waals surface area contributed by atoms with Crippen LogP contribution in [0.3, 0.4) is 0 Å². The largest absolute Gasteiger partial charge is 0.332 e. The van der Waals surface area contributed by atoms with Gasteiger partial charge in [-0.1, -0.05) is 17.7 Å². The molecule has 0 saturated heterocycles. The number of fused-ring (bicyclic) bond motifs is 1. The molecule has 5 heteroatoms. The molecule has 0 bridgehead atoms. The molecule has 0 unspecified atom stereocenters. The van der Waals surface area contributed by atoms with Crippen molar-refractivity contribution in [2.24, 2.45) is 0 Å². The van der Waals surface area contributed by atoms with Crippen LogP contribution in [0.25, 0.3) is 0 Å². The number of anilines is 1. The first-order chi connectivity index (χ1) is 11.5. The van der Waals surface area contributed by atoms with Crippen LogP contribution >= 0.6 is 11.6 Å². The lowest BCUT2D eigenvalue weighted by Gasteiger charge is -2.17. The highest BCUT2D eigenvalue weighted by Crippen LogP contribution is 2.23. The molecule has 0 atom stereocenters. The lowest BCUT2D eigenvalue weighted by Crippen LogP contribution is -2.35. The Labute approximate surface area is 146 Å². The predicted octanol–water partition coefficient (Wildman–Crippen LogP) is 3.54. The second-order valence-electron chi connectivity index (χ2n) is 6.05. The third-order valence-corrected chi connectivity index (χ3v) is 4.45. The van der Waals surface area contributed by atoms with E-state index in [0.29, 0.717) is 16.3 Å². The minimum absolute atomic E-state index is 0.00144. The number of hydrogen-bond acceptors (Lipinski definition) is 2. The quantitative estimate of drug-likeness (QED) is 0.923. The number of amides is 2. The van der Waals surface area contributed by atoms with E-state index in [1.54, 1.807) is 31.3 Å². The molecule has 0 fully saturated rings. The number of carbonyl (C=O) groups is 2. The number of nitrogens with one attached hydrogen (secondary N) is 1. The topological polar surface area (TPSA) is 49.4 Å². The second kappa shape index (κ2) is 7.05. The predicted molar refractivity (Wildman–Crippen MR) is 95.5 cm³/mol. The fourth-order valence-corrected chi connectivity index (χ4v) is 3.07. The van der Waals surface area contributed by atoms with Gasteiger partial charge >= 0.3 is 0 Å². The first-order valence-corrected chi connectivity index (χ1v) is 8.33. The molecule has 4 nitrogen and oxygen atoms in total. The van der Waals surface area contributed by atoms with E-state index >= 15 is 0 Å². The van der Waals surface area contributed by atoms with E-state index in [1.165, 1.54) is 16.0 Å². The first-order valence-electron chi connectivity index (χ1n) is 7.95. The van der Waals surface area contributed by atoms with Gasteiger partial charge in [-0.2, -0.15) is 0 Å². The zero-order valence-corrected chi connectivity index (χ0v) is 14.3. The van der Waals surface area contributed by atoms with E-state index in [1.807, 2.05) is 18.2 Å². The van der Waals surface area contributed by atoms with Crippen molar-refractivity contribution in [3.8, 4) is 0 Å². The zero-order valence-electron chi connectivity index (χ0n) is 13.5. The minimum atomic E-state index is -0.241. The van der Waals surface area contributed by atoms with Crippen LogP contribution in [0, 0.1) is 0 Å². The van der Waals surface area contributed by atoms with Crippen LogP contribution in [0.1, 0.15) is 27.9 Å². The normalized spacial score (nSPS) is 12.6. The van der Waals surface area contributed by atoms with Gasteiger partial charge in [0, 0.05) is 23.3 Å². The molecule has 3 rings (SSSR count). The van der Waals surface area contributed by atoms with Gasteiger partial charge in [0.05, 0.1) is 6.54 Å². The molecule has 2 aromatic rings. The Balaban J connectivity index is 1.61. The van der Waals surface area contributed by atoms with E-state index in [2.05, 4.69) is 5.32 Å². The highest BCUT2D eigenvalue weighted by Gasteiger charge is 2.18. The minimum Gasteiger partial charge on any atom is -0.332 e. The Morgan fingerprint density at radius 1 is 1.08 bits per heavy atom. The van der Waals surface area contributed by atoms with Crippen molar-refractivity contribution < 1.29 is 9.59 Å². The molecule has 124 valence electrons. The molecule has 0 spiro atoms. The Bertz CT molecular complexity index is 771. The summed E-state index contributed by atoms with van der Waals surface area (Å²) in [7, 11) is 1.64. The van der Waals surface area contributed by atoms with Gasteiger partial charge in [0.15, 0.2) is 0 Å². The molecule has 0 aromatic heterocycles. The maximum atomic E-state index is 12.5. The first kappa shape index (κ1) is 16.5. The summed E-state index contributed by atoms with van der Waals surface area (Å²) in [4.78, 5) is 26.0. The number of benzene rings is 2. The van der Waals surface area contributed by atoms with Gasteiger partial charge in [-0.25, -0.2) is 0 Å². The lowest BCUT2D eigenvalue weighted by molar-refractivity contribution is -0.116. The number of nitrogens with zero attached hydrogens (tertiary/aromatic N) is 1. The number of likely N-dealkylation sites (N-methyl/N-ethyl adjacent to an activating group) is 1. The van der Waals surface area contributed by atoms with Crippen LogP contribution in [0.2, 0.25) is 5.02 Å². The van der Waals surface area contributed by atoms with Gasteiger partial charge in [-0.15, -0.1) is 0 Å². The van der Waals surface area contributed by atoms with Gasteiger partial charge in [-0.3, -0.25) is 9.59 Å². The fraction of sp³-hybridized carbons (Fsp3) is 0.263. The molecule has 0 radical (unpaired) electrons. The van der Waals surface area contributed by atoms with Gasteiger partial charge in [0.1, 0.15) is 0 Å². The van der Waals surface area contributed by atoms with Crippen LogP contribution in [-0.4, -0.2) is 30.3 Å². The molecule has 0 saturated carbocycles. The van der Waals surface area contributed by atoms with Crippen LogP contribution in [0.4, 0.5) is 5.69 Å². The van der Waals surface area contributed by atoms with Crippen molar-refractivity contribution in [3.63, 3.8) is 0 Å². The van der Waals surface area contributed by atoms with Crippen molar-refractivity contribution >= 4 is 29.1 Å². The van der Waals surface area contributed by atoms with Crippen molar-refractivity contribution in [2.75, 3.05) is 18.9 Å². The molecular weight excluding hydrogens is 324 g/mol. The number of hydrogen-bond donors (Lipinski definition) is 1.